The Hall–Kier alpha value is -1.62. The molecule has 1 aromatic rings. The second kappa shape index (κ2) is 6.22. The van der Waals surface area contributed by atoms with E-state index < -0.39 is 0 Å². The van der Waals surface area contributed by atoms with Gasteiger partial charge in [-0.2, -0.15) is 0 Å². The highest BCUT2D eigenvalue weighted by Gasteiger charge is 2.22. The molecule has 5 nitrogen and oxygen atoms in total. The van der Waals surface area contributed by atoms with E-state index in [1.54, 1.807) is 12.1 Å². The minimum Gasteiger partial charge on any atom is -0.398 e. The third-order valence-corrected chi connectivity index (χ3v) is 4.31. The van der Waals surface area contributed by atoms with Crippen molar-refractivity contribution in [2.45, 2.75) is 33.2 Å². The van der Waals surface area contributed by atoms with E-state index in [2.05, 4.69) is 18.7 Å². The van der Waals surface area contributed by atoms with Gasteiger partial charge in [0.1, 0.15) is 0 Å². The Morgan fingerprint density at radius 1 is 1.40 bits per heavy atom. The highest BCUT2D eigenvalue weighted by Crippen LogP contribution is 2.27. The van der Waals surface area contributed by atoms with Gasteiger partial charge in [-0.05, 0) is 49.4 Å². The van der Waals surface area contributed by atoms with Crippen molar-refractivity contribution in [2.75, 3.05) is 18.8 Å². The summed E-state index contributed by atoms with van der Waals surface area (Å²) in [5.41, 5.74) is 7.55. The summed E-state index contributed by atoms with van der Waals surface area (Å²) < 4.78 is 0. The van der Waals surface area contributed by atoms with E-state index in [-0.39, 0.29) is 10.6 Å². The molecule has 0 amide bonds. The van der Waals surface area contributed by atoms with Gasteiger partial charge in [-0.3, -0.25) is 15.0 Å². The lowest BCUT2D eigenvalue weighted by Gasteiger charge is -2.34. The van der Waals surface area contributed by atoms with Gasteiger partial charge in [-0.1, -0.05) is 13.8 Å². The maximum Gasteiger partial charge on any atom is 0.269 e. The van der Waals surface area contributed by atoms with Gasteiger partial charge in [0, 0.05) is 24.4 Å². The number of non-ortho nitro benzene ring substituents is 1. The van der Waals surface area contributed by atoms with Crippen molar-refractivity contribution in [1.82, 2.24) is 4.90 Å². The van der Waals surface area contributed by atoms with Crippen molar-refractivity contribution < 1.29 is 4.92 Å². The first-order valence-corrected chi connectivity index (χ1v) is 7.22. The highest BCUT2D eigenvalue weighted by atomic mass is 16.6. The first-order chi connectivity index (χ1) is 9.47. The molecule has 20 heavy (non-hydrogen) atoms. The number of nitro benzene ring substituents is 1. The molecule has 5 heteroatoms. The van der Waals surface area contributed by atoms with Crippen LogP contribution in [-0.2, 0) is 6.54 Å². The van der Waals surface area contributed by atoms with Crippen LogP contribution < -0.4 is 5.73 Å². The number of rotatable bonds is 4. The summed E-state index contributed by atoms with van der Waals surface area (Å²) >= 11 is 0. The number of benzene rings is 1. The van der Waals surface area contributed by atoms with Crippen LogP contribution in [0.2, 0.25) is 0 Å². The predicted molar refractivity (Wildman–Crippen MR) is 80.3 cm³/mol. The number of piperidine rings is 1. The number of hydrogen-bond acceptors (Lipinski definition) is 4. The second-order valence-electron chi connectivity index (χ2n) is 6.00. The fourth-order valence-corrected chi connectivity index (χ4v) is 2.86. The van der Waals surface area contributed by atoms with Gasteiger partial charge < -0.3 is 5.73 Å². The Kier molecular flexibility index (Phi) is 4.60. The molecule has 0 saturated carbocycles. The summed E-state index contributed by atoms with van der Waals surface area (Å²) in [6.07, 6.45) is 2.40. The van der Waals surface area contributed by atoms with Gasteiger partial charge in [0.15, 0.2) is 0 Å². The van der Waals surface area contributed by atoms with Crippen molar-refractivity contribution in [3.05, 3.63) is 33.9 Å². The molecule has 0 spiro atoms. The molecule has 0 radical (unpaired) electrons. The van der Waals surface area contributed by atoms with Crippen LogP contribution in [0.5, 0.6) is 0 Å². The fourth-order valence-electron chi connectivity index (χ4n) is 2.86. The molecule has 2 N–H and O–H groups in total. The number of nitrogen functional groups attached to an aromatic ring is 1. The number of nitro groups is 1. The second-order valence-corrected chi connectivity index (χ2v) is 6.00. The summed E-state index contributed by atoms with van der Waals surface area (Å²) in [6.45, 7) is 7.35. The van der Waals surface area contributed by atoms with Crippen molar-refractivity contribution in [3.8, 4) is 0 Å². The largest absolute Gasteiger partial charge is 0.398 e. The molecule has 1 aliphatic rings. The molecule has 0 bridgehead atoms. The van der Waals surface area contributed by atoms with Crippen molar-refractivity contribution in [1.29, 1.82) is 0 Å². The van der Waals surface area contributed by atoms with Crippen LogP contribution in [0.1, 0.15) is 32.3 Å². The minimum absolute atomic E-state index is 0.117. The summed E-state index contributed by atoms with van der Waals surface area (Å²) in [7, 11) is 0. The summed E-state index contributed by atoms with van der Waals surface area (Å²) in [5, 5.41) is 10.8. The van der Waals surface area contributed by atoms with Gasteiger partial charge in [-0.15, -0.1) is 0 Å². The molecule has 1 aliphatic heterocycles. The molecule has 0 atom stereocenters. The summed E-state index contributed by atoms with van der Waals surface area (Å²) in [4.78, 5) is 12.8. The molecule has 0 aromatic heterocycles. The molecular weight excluding hydrogens is 254 g/mol. The Balaban J connectivity index is 2.00. The SMILES string of the molecule is CC(C)C1CCN(Cc2cc([N+](=O)[O-])ccc2N)CC1. The number of nitrogens with two attached hydrogens (primary N) is 1. The number of anilines is 1. The van der Waals surface area contributed by atoms with E-state index in [0.717, 1.165) is 30.5 Å². The lowest BCUT2D eigenvalue weighted by atomic mass is 9.86. The maximum absolute atomic E-state index is 10.8. The van der Waals surface area contributed by atoms with E-state index in [1.807, 2.05) is 0 Å². The zero-order valence-corrected chi connectivity index (χ0v) is 12.2. The van der Waals surface area contributed by atoms with Crippen LogP contribution in [0, 0.1) is 22.0 Å². The zero-order chi connectivity index (χ0) is 14.7. The van der Waals surface area contributed by atoms with Crippen LogP contribution in [0.15, 0.2) is 18.2 Å². The van der Waals surface area contributed by atoms with Gasteiger partial charge >= 0.3 is 0 Å². The Morgan fingerprint density at radius 3 is 2.60 bits per heavy atom. The monoisotopic (exact) mass is 277 g/mol. The van der Waals surface area contributed by atoms with Gasteiger partial charge in [-0.25, -0.2) is 0 Å². The molecule has 1 fully saturated rings. The summed E-state index contributed by atoms with van der Waals surface area (Å²) in [5.74, 6) is 1.54. The third kappa shape index (κ3) is 3.48. The smallest absolute Gasteiger partial charge is 0.269 e. The van der Waals surface area contributed by atoms with E-state index in [4.69, 9.17) is 5.73 Å². The molecule has 1 heterocycles. The first-order valence-electron chi connectivity index (χ1n) is 7.22. The highest BCUT2D eigenvalue weighted by molar-refractivity contribution is 5.52. The Labute approximate surface area is 119 Å². The summed E-state index contributed by atoms with van der Waals surface area (Å²) in [6, 6.07) is 4.70. The van der Waals surface area contributed by atoms with Crippen molar-refractivity contribution in [3.63, 3.8) is 0 Å². The molecule has 1 saturated heterocycles. The van der Waals surface area contributed by atoms with Gasteiger partial charge in [0.05, 0.1) is 4.92 Å². The normalized spacial score (nSPS) is 17.6. The molecule has 1 aromatic carbocycles. The quantitative estimate of drug-likeness (QED) is 0.521. The Bertz CT molecular complexity index is 480. The topological polar surface area (TPSA) is 72.4 Å². The molecule has 0 unspecified atom stereocenters. The average molecular weight is 277 g/mol. The maximum atomic E-state index is 10.8. The van der Waals surface area contributed by atoms with Crippen LogP contribution in [0.4, 0.5) is 11.4 Å². The first kappa shape index (κ1) is 14.8. The standard InChI is InChI=1S/C15H23N3O2/c1-11(2)12-5-7-17(8-6-12)10-13-9-14(18(19)20)3-4-15(13)16/h3-4,9,11-12H,5-8,10,16H2,1-2H3. The van der Waals surface area contributed by atoms with E-state index in [1.165, 1.54) is 18.9 Å². The molecule has 0 aliphatic carbocycles. The van der Waals surface area contributed by atoms with Crippen LogP contribution in [-0.4, -0.2) is 22.9 Å². The van der Waals surface area contributed by atoms with E-state index in [0.29, 0.717) is 12.2 Å². The minimum atomic E-state index is -0.367. The molecular formula is C15H23N3O2. The fraction of sp³-hybridized carbons (Fsp3) is 0.600. The number of hydrogen-bond donors (Lipinski definition) is 1. The lowest BCUT2D eigenvalue weighted by Crippen LogP contribution is -2.34. The van der Waals surface area contributed by atoms with Crippen molar-refractivity contribution in [2.24, 2.45) is 11.8 Å². The van der Waals surface area contributed by atoms with Crippen molar-refractivity contribution >= 4 is 11.4 Å². The third-order valence-electron chi connectivity index (χ3n) is 4.31. The van der Waals surface area contributed by atoms with Crippen LogP contribution >= 0.6 is 0 Å². The van der Waals surface area contributed by atoms with E-state index in [9.17, 15) is 10.1 Å². The lowest BCUT2D eigenvalue weighted by molar-refractivity contribution is -0.384. The van der Waals surface area contributed by atoms with Crippen LogP contribution in [0.3, 0.4) is 0 Å². The number of likely N-dealkylation sites (tertiary alicyclic amines) is 1. The molecule has 110 valence electrons. The predicted octanol–water partition coefficient (Wildman–Crippen LogP) is 3.05. The Morgan fingerprint density at radius 2 is 2.05 bits per heavy atom. The van der Waals surface area contributed by atoms with E-state index >= 15 is 0 Å². The zero-order valence-electron chi connectivity index (χ0n) is 12.2. The average Bonchev–Trinajstić information content (AvgIpc) is 2.41. The van der Waals surface area contributed by atoms with Gasteiger partial charge in [0.25, 0.3) is 5.69 Å². The van der Waals surface area contributed by atoms with Crippen LogP contribution in [0.25, 0.3) is 0 Å². The number of nitrogens with zero attached hydrogens (tertiary/aromatic N) is 2. The van der Waals surface area contributed by atoms with Gasteiger partial charge in [0.2, 0.25) is 0 Å². The molecule has 2 rings (SSSR count).